The molecule has 1 heterocycles. The molecule has 0 spiro atoms. The van der Waals surface area contributed by atoms with E-state index in [1.807, 2.05) is 11.8 Å². The van der Waals surface area contributed by atoms with Crippen LogP contribution in [-0.4, -0.2) is 0 Å². The molecule has 1 aliphatic heterocycles. The lowest BCUT2D eigenvalue weighted by atomic mass is 9.95. The molecule has 1 aliphatic rings. The van der Waals surface area contributed by atoms with Crippen LogP contribution in [0, 0.1) is 0 Å². The quantitative estimate of drug-likeness (QED) is 0.629. The van der Waals surface area contributed by atoms with Crippen LogP contribution >= 0.6 is 11.8 Å². The van der Waals surface area contributed by atoms with E-state index in [2.05, 4.69) is 50.2 Å². The summed E-state index contributed by atoms with van der Waals surface area (Å²) in [5.74, 6) is 0. The van der Waals surface area contributed by atoms with Crippen LogP contribution in [0.1, 0.15) is 36.1 Å². The molecule has 0 bridgehead atoms. The monoisotopic (exact) mass is 254 g/mol. The Morgan fingerprint density at radius 3 is 2.61 bits per heavy atom. The highest BCUT2D eigenvalue weighted by atomic mass is 32.2. The van der Waals surface area contributed by atoms with Crippen LogP contribution in [0.15, 0.2) is 46.2 Å². The fraction of sp³-hybridized carbons (Fsp3) is 0.294. The second-order valence-electron chi connectivity index (χ2n) is 4.83. The predicted octanol–water partition coefficient (Wildman–Crippen LogP) is 4.87. The van der Waals surface area contributed by atoms with E-state index in [0.717, 1.165) is 19.3 Å². The molecule has 0 amide bonds. The minimum Gasteiger partial charge on any atom is -0.0895 e. The summed E-state index contributed by atoms with van der Waals surface area (Å²) < 4.78 is 0. The van der Waals surface area contributed by atoms with Crippen LogP contribution in [0.3, 0.4) is 0 Å². The normalized spacial score (nSPS) is 13.0. The number of hydrogen-bond donors (Lipinski definition) is 0. The lowest BCUT2D eigenvalue weighted by molar-refractivity contribution is 0.967. The summed E-state index contributed by atoms with van der Waals surface area (Å²) in [6.07, 6.45) is 3.37. The molecule has 0 fully saturated rings. The summed E-state index contributed by atoms with van der Waals surface area (Å²) in [5, 5.41) is 0. The van der Waals surface area contributed by atoms with Crippen molar-refractivity contribution in [1.29, 1.82) is 0 Å². The molecule has 0 saturated carbocycles. The maximum Gasteiger partial charge on any atom is 0.0163 e. The van der Waals surface area contributed by atoms with E-state index in [-0.39, 0.29) is 0 Å². The zero-order chi connectivity index (χ0) is 12.5. The lowest BCUT2D eigenvalue weighted by Gasteiger charge is -2.22. The number of hydrogen-bond acceptors (Lipinski definition) is 1. The average Bonchev–Trinajstić information content (AvgIpc) is 2.43. The van der Waals surface area contributed by atoms with Crippen LogP contribution in [0.4, 0.5) is 0 Å². The van der Waals surface area contributed by atoms with Gasteiger partial charge in [-0.25, -0.2) is 0 Å². The van der Waals surface area contributed by atoms with Gasteiger partial charge in [-0.2, -0.15) is 0 Å². The van der Waals surface area contributed by atoms with E-state index in [1.165, 1.54) is 26.5 Å². The molecule has 2 aromatic rings. The SMILES string of the molecule is CCc1cc(CC)c2c(c1)Sc1ccccc1C2. The van der Waals surface area contributed by atoms with E-state index < -0.39 is 0 Å². The summed E-state index contributed by atoms with van der Waals surface area (Å²) >= 11 is 1.94. The average molecular weight is 254 g/mol. The summed E-state index contributed by atoms with van der Waals surface area (Å²) in [5.41, 5.74) is 6.04. The summed E-state index contributed by atoms with van der Waals surface area (Å²) in [6.45, 7) is 4.50. The number of benzene rings is 2. The third-order valence-corrected chi connectivity index (χ3v) is 4.91. The third kappa shape index (κ3) is 1.97. The van der Waals surface area contributed by atoms with Gasteiger partial charge in [-0.15, -0.1) is 0 Å². The number of rotatable bonds is 2. The van der Waals surface area contributed by atoms with E-state index >= 15 is 0 Å². The number of fused-ring (bicyclic) bond motifs is 2. The van der Waals surface area contributed by atoms with Gasteiger partial charge in [0.05, 0.1) is 0 Å². The largest absolute Gasteiger partial charge is 0.0895 e. The fourth-order valence-corrected chi connectivity index (χ4v) is 3.83. The van der Waals surface area contributed by atoms with Crippen molar-refractivity contribution in [3.05, 3.63) is 58.7 Å². The van der Waals surface area contributed by atoms with Crippen molar-refractivity contribution in [3.8, 4) is 0 Å². The van der Waals surface area contributed by atoms with Crippen molar-refractivity contribution in [3.63, 3.8) is 0 Å². The van der Waals surface area contributed by atoms with Crippen LogP contribution in [-0.2, 0) is 19.3 Å². The molecule has 0 aromatic heterocycles. The Balaban J connectivity index is 2.11. The Morgan fingerprint density at radius 2 is 1.83 bits per heavy atom. The summed E-state index contributed by atoms with van der Waals surface area (Å²) in [6, 6.07) is 13.6. The molecule has 0 radical (unpaired) electrons. The van der Waals surface area contributed by atoms with Crippen LogP contribution in [0.5, 0.6) is 0 Å². The molecule has 2 aromatic carbocycles. The molecule has 0 saturated heterocycles. The maximum atomic E-state index is 2.40. The van der Waals surface area contributed by atoms with Gasteiger partial charge in [-0.3, -0.25) is 0 Å². The molecular weight excluding hydrogens is 236 g/mol. The first-order valence-electron chi connectivity index (χ1n) is 6.72. The van der Waals surface area contributed by atoms with E-state index in [1.54, 1.807) is 5.56 Å². The first kappa shape index (κ1) is 11.9. The zero-order valence-electron chi connectivity index (χ0n) is 11.0. The minimum absolute atomic E-state index is 1.10. The minimum atomic E-state index is 1.10. The Bertz CT molecular complexity index is 584. The smallest absolute Gasteiger partial charge is 0.0163 e. The molecule has 92 valence electrons. The highest BCUT2D eigenvalue weighted by Gasteiger charge is 2.18. The van der Waals surface area contributed by atoms with Crippen LogP contribution in [0.2, 0.25) is 0 Å². The van der Waals surface area contributed by atoms with Crippen LogP contribution in [0.25, 0.3) is 0 Å². The van der Waals surface area contributed by atoms with Gasteiger partial charge in [0.2, 0.25) is 0 Å². The molecule has 0 aliphatic carbocycles. The molecular formula is C17H18S. The highest BCUT2D eigenvalue weighted by Crippen LogP contribution is 2.41. The Labute approximate surface area is 113 Å². The summed E-state index contributed by atoms with van der Waals surface area (Å²) in [4.78, 5) is 2.91. The van der Waals surface area contributed by atoms with Crippen molar-refractivity contribution in [2.24, 2.45) is 0 Å². The van der Waals surface area contributed by atoms with Crippen molar-refractivity contribution in [2.75, 3.05) is 0 Å². The molecule has 0 N–H and O–H groups in total. The molecule has 3 rings (SSSR count). The molecule has 0 atom stereocenters. The molecule has 0 nitrogen and oxygen atoms in total. The van der Waals surface area contributed by atoms with Crippen molar-refractivity contribution < 1.29 is 0 Å². The van der Waals surface area contributed by atoms with Gasteiger partial charge < -0.3 is 0 Å². The van der Waals surface area contributed by atoms with Gasteiger partial charge in [0.1, 0.15) is 0 Å². The van der Waals surface area contributed by atoms with E-state index in [0.29, 0.717) is 0 Å². The van der Waals surface area contributed by atoms with Gasteiger partial charge in [-0.05, 0) is 53.6 Å². The topological polar surface area (TPSA) is 0 Å². The Morgan fingerprint density at radius 1 is 1.00 bits per heavy atom. The molecule has 1 heteroatoms. The second kappa shape index (κ2) is 4.81. The van der Waals surface area contributed by atoms with E-state index in [9.17, 15) is 0 Å². The summed E-state index contributed by atoms with van der Waals surface area (Å²) in [7, 11) is 0. The first-order chi connectivity index (χ1) is 8.81. The molecule has 18 heavy (non-hydrogen) atoms. The van der Waals surface area contributed by atoms with Crippen LogP contribution < -0.4 is 0 Å². The Kier molecular flexibility index (Phi) is 3.17. The van der Waals surface area contributed by atoms with Crippen molar-refractivity contribution in [1.82, 2.24) is 0 Å². The predicted molar refractivity (Wildman–Crippen MR) is 78.6 cm³/mol. The van der Waals surface area contributed by atoms with E-state index in [4.69, 9.17) is 0 Å². The molecule has 0 unspecified atom stereocenters. The van der Waals surface area contributed by atoms with Gasteiger partial charge in [0.25, 0.3) is 0 Å². The Hall–Kier alpha value is -1.21. The van der Waals surface area contributed by atoms with Gasteiger partial charge >= 0.3 is 0 Å². The lowest BCUT2D eigenvalue weighted by Crippen LogP contribution is -2.04. The van der Waals surface area contributed by atoms with Crippen molar-refractivity contribution >= 4 is 11.8 Å². The first-order valence-corrected chi connectivity index (χ1v) is 7.54. The fourth-order valence-electron chi connectivity index (χ4n) is 2.64. The standard InChI is InChI=1S/C17H18S/c1-3-12-9-13(4-2)15-11-14-7-5-6-8-16(14)18-17(15)10-12/h5-10H,3-4,11H2,1-2H3. The van der Waals surface area contributed by atoms with Crippen molar-refractivity contribution in [2.45, 2.75) is 42.9 Å². The van der Waals surface area contributed by atoms with Gasteiger partial charge in [0, 0.05) is 9.79 Å². The van der Waals surface area contributed by atoms with Gasteiger partial charge in [-0.1, -0.05) is 49.9 Å². The van der Waals surface area contributed by atoms with Gasteiger partial charge in [0.15, 0.2) is 0 Å². The highest BCUT2D eigenvalue weighted by molar-refractivity contribution is 7.99. The maximum absolute atomic E-state index is 2.40. The zero-order valence-corrected chi connectivity index (χ0v) is 11.8. The second-order valence-corrected chi connectivity index (χ2v) is 5.91. The third-order valence-electron chi connectivity index (χ3n) is 3.71. The number of aryl methyl sites for hydroxylation is 2.